The number of aliphatic hydroxyl groups excluding tert-OH is 1. The second-order valence-corrected chi connectivity index (χ2v) is 3.15. The van der Waals surface area contributed by atoms with E-state index in [-0.39, 0.29) is 11.6 Å². The molecule has 0 unspecified atom stereocenters. The van der Waals surface area contributed by atoms with Gasteiger partial charge in [-0.05, 0) is 26.3 Å². The Bertz CT molecular complexity index is 91.6. The fourth-order valence-electron chi connectivity index (χ4n) is 1.55. The predicted octanol–water partition coefficient (Wildman–Crippen LogP) is 0.509. The van der Waals surface area contributed by atoms with E-state index in [1.807, 2.05) is 0 Å². The van der Waals surface area contributed by atoms with Crippen LogP contribution >= 0.6 is 0 Å². The molecule has 0 atom stereocenters. The number of rotatable bonds is 2. The first-order valence-corrected chi connectivity index (χ1v) is 3.59. The van der Waals surface area contributed by atoms with Crippen LogP contribution in [0.15, 0.2) is 0 Å². The monoisotopic (exact) mass is 129 g/mol. The second-order valence-electron chi connectivity index (χ2n) is 3.15. The SMILES string of the molecule is CCNC1(C)CC(O)C1. The van der Waals surface area contributed by atoms with Crippen molar-refractivity contribution in [3.63, 3.8) is 0 Å². The summed E-state index contributed by atoms with van der Waals surface area (Å²) in [6.07, 6.45) is 1.79. The average molecular weight is 129 g/mol. The maximum Gasteiger partial charge on any atom is 0.0575 e. The molecule has 1 fully saturated rings. The molecule has 0 aromatic rings. The summed E-state index contributed by atoms with van der Waals surface area (Å²) in [5.74, 6) is 0. The normalized spacial score (nSPS) is 42.3. The Kier molecular flexibility index (Phi) is 1.78. The minimum atomic E-state index is -0.0472. The zero-order chi connectivity index (χ0) is 6.91. The first-order chi connectivity index (χ1) is 4.16. The fourth-order valence-corrected chi connectivity index (χ4v) is 1.55. The smallest absolute Gasteiger partial charge is 0.0575 e. The van der Waals surface area contributed by atoms with Crippen molar-refractivity contribution in [2.24, 2.45) is 0 Å². The van der Waals surface area contributed by atoms with Crippen LogP contribution in [-0.4, -0.2) is 23.3 Å². The lowest BCUT2D eigenvalue weighted by molar-refractivity contribution is 0.0129. The van der Waals surface area contributed by atoms with Gasteiger partial charge in [-0.2, -0.15) is 0 Å². The summed E-state index contributed by atoms with van der Waals surface area (Å²) < 4.78 is 0. The Morgan fingerprint density at radius 1 is 1.67 bits per heavy atom. The van der Waals surface area contributed by atoms with Crippen LogP contribution in [0.25, 0.3) is 0 Å². The molecule has 1 aliphatic carbocycles. The summed E-state index contributed by atoms with van der Waals surface area (Å²) in [5.41, 5.74) is 0.244. The fraction of sp³-hybridized carbons (Fsp3) is 1.00. The van der Waals surface area contributed by atoms with Gasteiger partial charge in [-0.25, -0.2) is 0 Å². The molecule has 0 aromatic carbocycles. The van der Waals surface area contributed by atoms with Crippen LogP contribution in [0, 0.1) is 0 Å². The molecule has 0 aromatic heterocycles. The Labute approximate surface area is 56.3 Å². The Hall–Kier alpha value is -0.0800. The molecular formula is C7H15NO. The van der Waals surface area contributed by atoms with Crippen molar-refractivity contribution in [3.05, 3.63) is 0 Å². The van der Waals surface area contributed by atoms with E-state index in [1.165, 1.54) is 0 Å². The topological polar surface area (TPSA) is 32.3 Å². The van der Waals surface area contributed by atoms with E-state index in [4.69, 9.17) is 5.11 Å². The van der Waals surface area contributed by atoms with Crippen LogP contribution < -0.4 is 5.32 Å². The zero-order valence-electron chi connectivity index (χ0n) is 6.15. The Morgan fingerprint density at radius 3 is 2.56 bits per heavy atom. The average Bonchev–Trinajstić information content (AvgIpc) is 1.62. The van der Waals surface area contributed by atoms with Gasteiger partial charge >= 0.3 is 0 Å². The Morgan fingerprint density at radius 2 is 2.22 bits per heavy atom. The number of nitrogens with one attached hydrogen (secondary N) is 1. The summed E-state index contributed by atoms with van der Waals surface area (Å²) in [5, 5.41) is 12.3. The van der Waals surface area contributed by atoms with Crippen molar-refractivity contribution in [3.8, 4) is 0 Å². The van der Waals surface area contributed by atoms with Gasteiger partial charge in [-0.3, -0.25) is 0 Å². The van der Waals surface area contributed by atoms with Crippen LogP contribution in [0.3, 0.4) is 0 Å². The Balaban J connectivity index is 2.23. The molecule has 1 rings (SSSR count). The molecule has 2 heteroatoms. The molecule has 0 saturated heterocycles. The van der Waals surface area contributed by atoms with Gasteiger partial charge in [-0.15, -0.1) is 0 Å². The quantitative estimate of drug-likeness (QED) is 0.569. The summed E-state index contributed by atoms with van der Waals surface area (Å²) >= 11 is 0. The van der Waals surface area contributed by atoms with Gasteiger partial charge in [0.15, 0.2) is 0 Å². The van der Waals surface area contributed by atoms with Crippen LogP contribution in [-0.2, 0) is 0 Å². The van der Waals surface area contributed by atoms with Crippen molar-refractivity contribution in [1.82, 2.24) is 5.32 Å². The summed E-state index contributed by atoms with van der Waals surface area (Å²) in [7, 11) is 0. The first-order valence-electron chi connectivity index (χ1n) is 3.59. The minimum absolute atomic E-state index is 0.0472. The molecule has 54 valence electrons. The van der Waals surface area contributed by atoms with Crippen LogP contribution in [0.5, 0.6) is 0 Å². The van der Waals surface area contributed by atoms with E-state index in [1.54, 1.807) is 0 Å². The molecule has 0 amide bonds. The molecule has 2 N–H and O–H groups in total. The lowest BCUT2D eigenvalue weighted by atomic mass is 9.76. The molecule has 0 radical (unpaired) electrons. The third kappa shape index (κ3) is 1.43. The maximum absolute atomic E-state index is 8.97. The summed E-state index contributed by atoms with van der Waals surface area (Å²) in [6.45, 7) is 5.25. The zero-order valence-corrected chi connectivity index (χ0v) is 6.15. The maximum atomic E-state index is 8.97. The van der Waals surface area contributed by atoms with E-state index >= 15 is 0 Å². The molecule has 1 aliphatic rings. The van der Waals surface area contributed by atoms with E-state index < -0.39 is 0 Å². The molecule has 0 spiro atoms. The third-order valence-electron chi connectivity index (χ3n) is 1.98. The van der Waals surface area contributed by atoms with Crippen molar-refractivity contribution in [2.75, 3.05) is 6.54 Å². The molecule has 2 nitrogen and oxygen atoms in total. The van der Waals surface area contributed by atoms with Gasteiger partial charge in [0.05, 0.1) is 6.10 Å². The van der Waals surface area contributed by atoms with Crippen molar-refractivity contribution < 1.29 is 5.11 Å². The van der Waals surface area contributed by atoms with E-state index in [0.717, 1.165) is 19.4 Å². The van der Waals surface area contributed by atoms with Gasteiger partial charge in [0.25, 0.3) is 0 Å². The summed E-state index contributed by atoms with van der Waals surface area (Å²) in [6, 6.07) is 0. The number of hydrogen-bond acceptors (Lipinski definition) is 2. The van der Waals surface area contributed by atoms with Crippen LogP contribution in [0.4, 0.5) is 0 Å². The number of hydrogen-bond donors (Lipinski definition) is 2. The molecule has 0 aliphatic heterocycles. The van der Waals surface area contributed by atoms with Crippen molar-refractivity contribution in [2.45, 2.75) is 38.3 Å². The van der Waals surface area contributed by atoms with Gasteiger partial charge < -0.3 is 10.4 Å². The van der Waals surface area contributed by atoms with Crippen LogP contribution in [0.1, 0.15) is 26.7 Å². The van der Waals surface area contributed by atoms with E-state index in [2.05, 4.69) is 19.2 Å². The van der Waals surface area contributed by atoms with Gasteiger partial charge in [-0.1, -0.05) is 6.92 Å². The van der Waals surface area contributed by atoms with Gasteiger partial charge in [0, 0.05) is 5.54 Å². The second kappa shape index (κ2) is 2.27. The highest BCUT2D eigenvalue weighted by molar-refractivity contribution is 4.97. The molecular weight excluding hydrogens is 114 g/mol. The molecule has 0 bridgehead atoms. The summed E-state index contributed by atoms with van der Waals surface area (Å²) in [4.78, 5) is 0. The largest absolute Gasteiger partial charge is 0.393 e. The standard InChI is InChI=1S/C7H15NO/c1-3-8-7(2)4-6(9)5-7/h6,8-9H,3-5H2,1-2H3. The van der Waals surface area contributed by atoms with Crippen molar-refractivity contribution >= 4 is 0 Å². The predicted molar refractivity (Wildman–Crippen MR) is 37.3 cm³/mol. The lowest BCUT2D eigenvalue weighted by Gasteiger charge is -2.43. The van der Waals surface area contributed by atoms with E-state index in [0.29, 0.717) is 0 Å². The number of aliphatic hydroxyl groups is 1. The lowest BCUT2D eigenvalue weighted by Crippen LogP contribution is -2.55. The molecule has 9 heavy (non-hydrogen) atoms. The minimum Gasteiger partial charge on any atom is -0.393 e. The van der Waals surface area contributed by atoms with Gasteiger partial charge in [0.1, 0.15) is 0 Å². The van der Waals surface area contributed by atoms with Crippen LogP contribution in [0.2, 0.25) is 0 Å². The van der Waals surface area contributed by atoms with Gasteiger partial charge in [0.2, 0.25) is 0 Å². The third-order valence-corrected chi connectivity index (χ3v) is 1.98. The van der Waals surface area contributed by atoms with E-state index in [9.17, 15) is 0 Å². The first kappa shape index (κ1) is 7.03. The highest BCUT2D eigenvalue weighted by Gasteiger charge is 2.37. The molecule has 0 heterocycles. The molecule has 1 saturated carbocycles. The highest BCUT2D eigenvalue weighted by Crippen LogP contribution is 2.31. The van der Waals surface area contributed by atoms with Crippen molar-refractivity contribution in [1.29, 1.82) is 0 Å². The highest BCUT2D eigenvalue weighted by atomic mass is 16.3.